The van der Waals surface area contributed by atoms with Crippen molar-refractivity contribution in [2.75, 3.05) is 49.6 Å². The minimum Gasteiger partial charge on any atom is -0.462 e. The standard InChI is InChI=1S/C28H34ClN7O/c1-34-10-3-5-21(34)17-37-28-32-24-16-35(25-13-30-12-18-4-2-6-23(29)26(18)25)11-9-22(24)27(33-28)36-14-19-7-8-20(15-36)31-19/h2,4,6,12-13,19-21,31H,3,5,7-11,14-17H2,1H3/t19-,20+,21?. The second-order valence-corrected chi connectivity index (χ2v) is 11.5. The maximum absolute atomic E-state index is 6.67. The molecule has 3 atom stereocenters. The summed E-state index contributed by atoms with van der Waals surface area (Å²) in [7, 11) is 2.18. The molecule has 1 aromatic carbocycles. The molecular weight excluding hydrogens is 486 g/mol. The van der Waals surface area contributed by atoms with Crippen molar-refractivity contribution in [3.05, 3.63) is 46.9 Å². The number of fused-ring (bicyclic) bond motifs is 4. The number of hydrogen-bond donors (Lipinski definition) is 1. The third kappa shape index (κ3) is 4.39. The Kier molecular flexibility index (Phi) is 6.06. The van der Waals surface area contributed by atoms with E-state index < -0.39 is 0 Å². The van der Waals surface area contributed by atoms with Crippen molar-refractivity contribution in [2.24, 2.45) is 0 Å². The Morgan fingerprint density at radius 2 is 1.92 bits per heavy atom. The Morgan fingerprint density at radius 1 is 1.05 bits per heavy atom. The van der Waals surface area contributed by atoms with E-state index in [-0.39, 0.29) is 0 Å². The first-order valence-corrected chi connectivity index (χ1v) is 14.0. The van der Waals surface area contributed by atoms with E-state index in [1.165, 1.54) is 24.8 Å². The predicted molar refractivity (Wildman–Crippen MR) is 147 cm³/mol. The number of benzene rings is 1. The first kappa shape index (κ1) is 23.4. The van der Waals surface area contributed by atoms with E-state index in [1.54, 1.807) is 0 Å². The maximum atomic E-state index is 6.67. The Labute approximate surface area is 223 Å². The van der Waals surface area contributed by atoms with E-state index >= 15 is 0 Å². The molecule has 2 aromatic heterocycles. The highest BCUT2D eigenvalue weighted by molar-refractivity contribution is 6.36. The summed E-state index contributed by atoms with van der Waals surface area (Å²) in [5.74, 6) is 1.08. The van der Waals surface area contributed by atoms with Gasteiger partial charge in [0.25, 0.3) is 0 Å². The molecule has 0 radical (unpaired) electrons. The van der Waals surface area contributed by atoms with Gasteiger partial charge in [-0.2, -0.15) is 9.97 Å². The fourth-order valence-electron chi connectivity index (χ4n) is 6.66. The van der Waals surface area contributed by atoms with Crippen LogP contribution in [0.2, 0.25) is 5.02 Å². The van der Waals surface area contributed by atoms with Gasteiger partial charge in [0.2, 0.25) is 0 Å². The van der Waals surface area contributed by atoms with Crippen LogP contribution in [0.15, 0.2) is 30.6 Å². The molecule has 4 aliphatic rings. The molecule has 37 heavy (non-hydrogen) atoms. The highest BCUT2D eigenvalue weighted by Crippen LogP contribution is 2.37. The van der Waals surface area contributed by atoms with Crippen LogP contribution in [-0.2, 0) is 13.0 Å². The lowest BCUT2D eigenvalue weighted by Gasteiger charge is -2.37. The highest BCUT2D eigenvalue weighted by Gasteiger charge is 2.35. The number of nitrogens with zero attached hydrogens (tertiary/aromatic N) is 6. The summed E-state index contributed by atoms with van der Waals surface area (Å²) in [5, 5.41) is 6.62. The number of likely N-dealkylation sites (N-methyl/N-ethyl adjacent to an activating group) is 1. The summed E-state index contributed by atoms with van der Waals surface area (Å²) in [6.45, 7) is 5.32. The Morgan fingerprint density at radius 3 is 2.73 bits per heavy atom. The number of ether oxygens (including phenoxy) is 1. The van der Waals surface area contributed by atoms with Gasteiger partial charge in [0.15, 0.2) is 0 Å². The zero-order valence-electron chi connectivity index (χ0n) is 21.4. The van der Waals surface area contributed by atoms with Crippen LogP contribution >= 0.6 is 11.6 Å². The lowest BCUT2D eigenvalue weighted by Crippen LogP contribution is -2.52. The van der Waals surface area contributed by atoms with Gasteiger partial charge in [-0.15, -0.1) is 0 Å². The molecular formula is C28H34ClN7O. The van der Waals surface area contributed by atoms with E-state index in [1.807, 2.05) is 24.5 Å². The van der Waals surface area contributed by atoms with E-state index in [0.29, 0.717) is 37.3 Å². The summed E-state index contributed by atoms with van der Waals surface area (Å²) in [6.07, 6.45) is 9.58. The molecule has 2 bridgehead atoms. The normalized spacial score (nSPS) is 25.6. The van der Waals surface area contributed by atoms with E-state index in [4.69, 9.17) is 26.3 Å². The number of piperazine rings is 1. The largest absolute Gasteiger partial charge is 0.462 e. The quantitative estimate of drug-likeness (QED) is 0.548. The molecule has 1 unspecified atom stereocenters. The zero-order chi connectivity index (χ0) is 24.9. The monoisotopic (exact) mass is 519 g/mol. The molecule has 9 heteroatoms. The number of nitrogens with one attached hydrogen (secondary N) is 1. The second-order valence-electron chi connectivity index (χ2n) is 11.1. The minimum absolute atomic E-state index is 0.429. The molecule has 0 aliphatic carbocycles. The second kappa shape index (κ2) is 9.57. The van der Waals surface area contributed by atoms with Crippen molar-refractivity contribution < 1.29 is 4.74 Å². The van der Waals surface area contributed by atoms with Gasteiger partial charge >= 0.3 is 6.01 Å². The fourth-order valence-corrected chi connectivity index (χ4v) is 6.94. The Balaban J connectivity index is 1.23. The molecule has 3 saturated heterocycles. The van der Waals surface area contributed by atoms with Crippen LogP contribution in [0.25, 0.3) is 10.8 Å². The first-order valence-electron chi connectivity index (χ1n) is 13.6. The highest BCUT2D eigenvalue weighted by atomic mass is 35.5. The third-order valence-corrected chi connectivity index (χ3v) is 8.98. The van der Waals surface area contributed by atoms with Gasteiger partial charge in [-0.05, 0) is 51.8 Å². The van der Waals surface area contributed by atoms with Crippen LogP contribution in [-0.4, -0.2) is 77.8 Å². The summed E-state index contributed by atoms with van der Waals surface area (Å²) < 4.78 is 6.30. The van der Waals surface area contributed by atoms with E-state index in [2.05, 4.69) is 38.1 Å². The number of aromatic nitrogens is 3. The van der Waals surface area contributed by atoms with Gasteiger partial charge in [0.1, 0.15) is 12.4 Å². The average Bonchev–Trinajstić information content (AvgIpc) is 3.49. The van der Waals surface area contributed by atoms with E-state index in [0.717, 1.165) is 72.0 Å². The number of likely N-dealkylation sites (tertiary alicyclic amines) is 1. The van der Waals surface area contributed by atoms with Gasteiger partial charge in [-0.25, -0.2) is 0 Å². The molecule has 7 rings (SSSR count). The minimum atomic E-state index is 0.429. The predicted octanol–water partition coefficient (Wildman–Crippen LogP) is 3.65. The Bertz CT molecular complexity index is 1300. The first-order chi connectivity index (χ1) is 18.1. The molecule has 1 N–H and O–H groups in total. The van der Waals surface area contributed by atoms with Crippen LogP contribution in [0.3, 0.4) is 0 Å². The number of pyridine rings is 1. The molecule has 194 valence electrons. The third-order valence-electron chi connectivity index (χ3n) is 8.67. The van der Waals surface area contributed by atoms with Crippen LogP contribution in [0.4, 0.5) is 11.5 Å². The van der Waals surface area contributed by atoms with Crippen molar-refractivity contribution in [2.45, 2.75) is 56.8 Å². The van der Waals surface area contributed by atoms with Crippen molar-refractivity contribution in [1.82, 2.24) is 25.2 Å². The SMILES string of the molecule is CN1CCCC1COc1nc2c(c(N3C[C@H]4CC[C@@H](C3)N4)n1)CCN(c1cncc3cccc(Cl)c13)C2. The summed E-state index contributed by atoms with van der Waals surface area (Å²) in [6, 6.07) is 8.04. The van der Waals surface area contributed by atoms with Crippen LogP contribution in [0, 0.1) is 0 Å². The van der Waals surface area contributed by atoms with E-state index in [9.17, 15) is 0 Å². The summed E-state index contributed by atoms with van der Waals surface area (Å²) >= 11 is 6.67. The van der Waals surface area contributed by atoms with Crippen molar-refractivity contribution >= 4 is 33.9 Å². The van der Waals surface area contributed by atoms with Crippen LogP contribution in [0.5, 0.6) is 6.01 Å². The van der Waals surface area contributed by atoms with Crippen molar-refractivity contribution in [3.8, 4) is 6.01 Å². The van der Waals surface area contributed by atoms with Crippen LogP contribution in [0.1, 0.15) is 36.9 Å². The van der Waals surface area contributed by atoms with Gasteiger partial charge in [-0.3, -0.25) is 4.98 Å². The molecule has 0 spiro atoms. The van der Waals surface area contributed by atoms with Crippen LogP contribution < -0.4 is 19.9 Å². The molecule has 3 aromatic rings. The molecule has 8 nitrogen and oxygen atoms in total. The van der Waals surface area contributed by atoms with Gasteiger partial charge in [0.05, 0.1) is 29.1 Å². The van der Waals surface area contributed by atoms with Gasteiger partial charge < -0.3 is 24.8 Å². The summed E-state index contributed by atoms with van der Waals surface area (Å²) in [4.78, 5) is 21.8. The van der Waals surface area contributed by atoms with Crippen molar-refractivity contribution in [1.29, 1.82) is 0 Å². The number of rotatable bonds is 5. The molecule has 6 heterocycles. The summed E-state index contributed by atoms with van der Waals surface area (Å²) in [5.41, 5.74) is 3.38. The lowest BCUT2D eigenvalue weighted by molar-refractivity contribution is 0.187. The van der Waals surface area contributed by atoms with Gasteiger partial charge in [0, 0.05) is 60.3 Å². The maximum Gasteiger partial charge on any atom is 0.318 e. The molecule has 0 amide bonds. The number of halogens is 1. The molecule has 0 saturated carbocycles. The fraction of sp³-hybridized carbons (Fsp3) is 0.536. The Hall–Kier alpha value is -2.68. The smallest absolute Gasteiger partial charge is 0.318 e. The molecule has 3 fully saturated rings. The number of hydrogen-bond acceptors (Lipinski definition) is 8. The van der Waals surface area contributed by atoms with Gasteiger partial charge in [-0.1, -0.05) is 23.7 Å². The lowest BCUT2D eigenvalue weighted by atomic mass is 10.0. The molecule has 4 aliphatic heterocycles. The average molecular weight is 520 g/mol. The topological polar surface area (TPSA) is 69.7 Å². The number of anilines is 2. The zero-order valence-corrected chi connectivity index (χ0v) is 22.1. The van der Waals surface area contributed by atoms with Crippen molar-refractivity contribution in [3.63, 3.8) is 0 Å².